The van der Waals surface area contributed by atoms with E-state index in [9.17, 15) is 0 Å². The molecule has 0 aromatic rings. The molecule has 0 fully saturated rings. The van der Waals surface area contributed by atoms with Crippen molar-refractivity contribution in [2.45, 2.75) is 13.3 Å². The zero-order valence-corrected chi connectivity index (χ0v) is 5.31. The fraction of sp³-hybridized carbons (Fsp3) is 1.00. The summed E-state index contributed by atoms with van der Waals surface area (Å²) in [4.78, 5) is 3.91. The molecule has 2 nitrogen and oxygen atoms in total. The predicted molar refractivity (Wildman–Crippen MR) is 31.1 cm³/mol. The molecule has 0 atom stereocenters. The highest BCUT2D eigenvalue weighted by Gasteiger charge is 1.92. The number of rotatable bonds is 3. The maximum atomic E-state index is 3.91. The van der Waals surface area contributed by atoms with Crippen LogP contribution in [-0.2, 0) is 0 Å². The van der Waals surface area contributed by atoms with E-state index < -0.39 is 0 Å². The SMILES string of the molecule is CCCN(C)[OH+]C. The van der Waals surface area contributed by atoms with Crippen molar-refractivity contribution in [2.75, 3.05) is 20.7 Å². The molecule has 0 aromatic heterocycles. The highest BCUT2D eigenvalue weighted by atomic mass is 16.7. The van der Waals surface area contributed by atoms with Gasteiger partial charge in [-0.2, -0.15) is 0 Å². The Hall–Kier alpha value is -0.0800. The molecule has 0 aliphatic heterocycles. The lowest BCUT2D eigenvalue weighted by Crippen LogP contribution is -2.20. The lowest BCUT2D eigenvalue weighted by molar-refractivity contribution is -0.244. The molecule has 0 unspecified atom stereocenters. The normalized spacial score (nSPS) is 10.3. The van der Waals surface area contributed by atoms with Crippen LogP contribution in [0.3, 0.4) is 0 Å². The molecule has 0 saturated heterocycles. The standard InChI is InChI=1S/C5H13NO/c1-4-5-6(2)7-3/h4-5H2,1-3H3/p+1. The summed E-state index contributed by atoms with van der Waals surface area (Å²) in [5.74, 6) is 0. The van der Waals surface area contributed by atoms with Crippen molar-refractivity contribution >= 4 is 0 Å². The smallest absolute Gasteiger partial charge is 0.157 e. The zero-order chi connectivity index (χ0) is 5.70. The van der Waals surface area contributed by atoms with Gasteiger partial charge in [0.1, 0.15) is 0 Å². The molecular formula is C5H14NO+. The van der Waals surface area contributed by atoms with Gasteiger partial charge in [-0.25, -0.2) is 0 Å². The molecule has 0 aromatic carbocycles. The Bertz CT molecular complexity index is 39.1. The Morgan fingerprint density at radius 3 is 2.29 bits per heavy atom. The maximum Gasteiger partial charge on any atom is 0.157 e. The van der Waals surface area contributed by atoms with E-state index in [1.807, 2.05) is 12.1 Å². The van der Waals surface area contributed by atoms with Crippen molar-refractivity contribution < 1.29 is 4.84 Å². The molecule has 0 aliphatic carbocycles. The first-order valence-corrected chi connectivity index (χ1v) is 2.62. The lowest BCUT2D eigenvalue weighted by Gasteiger charge is -2.04. The van der Waals surface area contributed by atoms with Gasteiger partial charge in [0.25, 0.3) is 0 Å². The van der Waals surface area contributed by atoms with Crippen molar-refractivity contribution in [2.24, 2.45) is 0 Å². The molecule has 0 rings (SSSR count). The summed E-state index contributed by atoms with van der Waals surface area (Å²) in [5.41, 5.74) is 0. The van der Waals surface area contributed by atoms with E-state index in [-0.39, 0.29) is 0 Å². The molecule has 0 radical (unpaired) electrons. The quantitative estimate of drug-likeness (QED) is 0.374. The van der Waals surface area contributed by atoms with Crippen LogP contribution in [0.15, 0.2) is 0 Å². The second-order valence-electron chi connectivity index (χ2n) is 1.58. The summed E-state index contributed by atoms with van der Waals surface area (Å²) in [7, 11) is 3.78. The van der Waals surface area contributed by atoms with E-state index in [2.05, 4.69) is 11.8 Å². The van der Waals surface area contributed by atoms with Crippen LogP contribution in [0.2, 0.25) is 0 Å². The molecule has 0 amide bonds. The summed E-state index contributed by atoms with van der Waals surface area (Å²) in [6.07, 6.45) is 1.17. The van der Waals surface area contributed by atoms with Gasteiger partial charge in [-0.3, -0.25) is 0 Å². The summed E-state index contributed by atoms with van der Waals surface area (Å²) < 4.78 is 0. The Labute approximate surface area is 45.0 Å². The molecule has 0 heterocycles. The minimum atomic E-state index is 1.07. The van der Waals surface area contributed by atoms with E-state index >= 15 is 0 Å². The van der Waals surface area contributed by atoms with Gasteiger partial charge in [-0.1, -0.05) is 12.0 Å². The van der Waals surface area contributed by atoms with Gasteiger partial charge in [-0.05, 0) is 6.42 Å². The second-order valence-corrected chi connectivity index (χ2v) is 1.58. The summed E-state index contributed by atoms with van der Waals surface area (Å²) >= 11 is 0. The number of hydrogen-bond acceptors (Lipinski definition) is 1. The number of hydroxylamine groups is 2. The van der Waals surface area contributed by atoms with Crippen LogP contribution in [0.5, 0.6) is 0 Å². The Morgan fingerprint density at radius 2 is 2.14 bits per heavy atom. The van der Waals surface area contributed by atoms with E-state index in [1.54, 1.807) is 7.11 Å². The van der Waals surface area contributed by atoms with Crippen molar-refractivity contribution in [1.29, 1.82) is 0 Å². The van der Waals surface area contributed by atoms with Crippen molar-refractivity contribution in [1.82, 2.24) is 5.06 Å². The third-order valence-corrected chi connectivity index (χ3v) is 0.889. The van der Waals surface area contributed by atoms with Crippen molar-refractivity contribution in [3.63, 3.8) is 0 Å². The zero-order valence-electron chi connectivity index (χ0n) is 5.31. The monoisotopic (exact) mass is 104 g/mol. The minimum absolute atomic E-state index is 1.07. The molecule has 0 aliphatic rings. The molecule has 0 spiro atoms. The van der Waals surface area contributed by atoms with Crippen molar-refractivity contribution in [3.8, 4) is 0 Å². The highest BCUT2D eigenvalue weighted by Crippen LogP contribution is 1.79. The number of nitrogens with zero attached hydrogens (tertiary/aromatic N) is 1. The minimum Gasteiger partial charge on any atom is -0.330 e. The number of aliphatic hydroxyl groups is 1. The topological polar surface area (TPSA) is 16.0 Å². The maximum absolute atomic E-state index is 3.91. The average Bonchev–Trinajstić information content (AvgIpc) is 1.68. The van der Waals surface area contributed by atoms with Crippen LogP contribution in [0, 0.1) is 0 Å². The molecule has 2 heteroatoms. The second kappa shape index (κ2) is 4.09. The van der Waals surface area contributed by atoms with Crippen LogP contribution in [0.4, 0.5) is 0 Å². The fourth-order valence-corrected chi connectivity index (χ4v) is 0.424. The first-order valence-electron chi connectivity index (χ1n) is 2.62. The molecular weight excluding hydrogens is 90.1 g/mol. The van der Waals surface area contributed by atoms with Crippen LogP contribution < -0.4 is 0 Å². The van der Waals surface area contributed by atoms with E-state index in [1.165, 1.54) is 6.42 Å². The van der Waals surface area contributed by atoms with Gasteiger partial charge in [-0.15, -0.1) is 0 Å². The summed E-state index contributed by atoms with van der Waals surface area (Å²) in [6, 6.07) is 0. The Morgan fingerprint density at radius 1 is 1.57 bits per heavy atom. The Kier molecular flexibility index (Phi) is 4.04. The van der Waals surface area contributed by atoms with Crippen LogP contribution in [0.1, 0.15) is 13.3 Å². The fourth-order valence-electron chi connectivity index (χ4n) is 0.424. The third kappa shape index (κ3) is 3.76. The van der Waals surface area contributed by atoms with E-state index in [0.717, 1.165) is 6.54 Å². The van der Waals surface area contributed by atoms with Gasteiger partial charge < -0.3 is 4.84 Å². The average molecular weight is 104 g/mol. The Balaban J connectivity index is 2.83. The van der Waals surface area contributed by atoms with Gasteiger partial charge in [0, 0.05) is 0 Å². The molecule has 0 saturated carbocycles. The molecule has 0 bridgehead atoms. The van der Waals surface area contributed by atoms with E-state index in [4.69, 9.17) is 0 Å². The predicted octanol–water partition coefficient (Wildman–Crippen LogP) is 0.401. The highest BCUT2D eigenvalue weighted by molar-refractivity contribution is 4.28. The molecule has 7 heavy (non-hydrogen) atoms. The van der Waals surface area contributed by atoms with Crippen LogP contribution >= 0.6 is 0 Å². The van der Waals surface area contributed by atoms with Crippen LogP contribution in [-0.4, -0.2) is 30.6 Å². The van der Waals surface area contributed by atoms with E-state index in [0.29, 0.717) is 0 Å². The summed E-state index contributed by atoms with van der Waals surface area (Å²) in [6.45, 7) is 3.21. The molecule has 44 valence electrons. The molecule has 1 N–H and O–H groups in total. The van der Waals surface area contributed by atoms with Gasteiger partial charge in [0.2, 0.25) is 0 Å². The number of hydrogen-bond donors (Lipinski definition) is 0. The first-order chi connectivity index (χ1) is 3.31. The van der Waals surface area contributed by atoms with Gasteiger partial charge >= 0.3 is 0 Å². The summed E-state index contributed by atoms with van der Waals surface area (Å²) in [5, 5.41) is 1.93. The van der Waals surface area contributed by atoms with Crippen LogP contribution in [0.25, 0.3) is 0 Å². The third-order valence-electron chi connectivity index (χ3n) is 0.889. The van der Waals surface area contributed by atoms with Gasteiger partial charge in [0.05, 0.1) is 13.6 Å². The lowest BCUT2D eigenvalue weighted by atomic mass is 10.5. The van der Waals surface area contributed by atoms with Crippen molar-refractivity contribution in [3.05, 3.63) is 0 Å². The first kappa shape index (κ1) is 6.92. The van der Waals surface area contributed by atoms with Gasteiger partial charge in [0.15, 0.2) is 7.11 Å². The largest absolute Gasteiger partial charge is 0.330 e.